The molecule has 3 aromatic rings. The van der Waals surface area contributed by atoms with Crippen molar-refractivity contribution in [2.45, 2.75) is 30.5 Å². The first-order valence-corrected chi connectivity index (χ1v) is 16.8. The molecular weight excluding hydrogens is 637 g/mol. The first-order valence-electron chi connectivity index (χ1n) is 12.3. The summed E-state index contributed by atoms with van der Waals surface area (Å²) in [5.41, 5.74) is 1.88. The molecule has 1 fully saturated rings. The van der Waals surface area contributed by atoms with Gasteiger partial charge in [0, 0.05) is 24.8 Å². The van der Waals surface area contributed by atoms with E-state index in [1.165, 1.54) is 6.20 Å². The fraction of sp³-hybridized carbons (Fsp3) is 0.304. The predicted octanol–water partition coefficient (Wildman–Crippen LogP) is 1.31. The largest absolute Gasteiger partial charge is 0.490 e. The lowest BCUT2D eigenvalue weighted by molar-refractivity contribution is -0.0548. The molecule has 0 bridgehead atoms. The number of nitrogens with one attached hydrogen (secondary N) is 1. The van der Waals surface area contributed by atoms with Crippen LogP contribution >= 0.6 is 23.5 Å². The van der Waals surface area contributed by atoms with Gasteiger partial charge in [-0.3, -0.25) is 23.4 Å². The fourth-order valence-corrected chi connectivity index (χ4v) is 8.40. The predicted molar refractivity (Wildman–Crippen MR) is 145 cm³/mol. The van der Waals surface area contributed by atoms with E-state index in [1.807, 2.05) is 48.5 Å². The van der Waals surface area contributed by atoms with Crippen molar-refractivity contribution in [2.75, 3.05) is 13.7 Å². The third-order valence-corrected chi connectivity index (χ3v) is 11.0. The summed E-state index contributed by atoms with van der Waals surface area (Å²) in [5.74, 6) is -0.583. The molecule has 2 aliphatic rings. The highest BCUT2D eigenvalue weighted by molar-refractivity contribution is 7.66. The minimum absolute atomic E-state index is 0.142. The van der Waals surface area contributed by atoms with Gasteiger partial charge >= 0.3 is 29.2 Å². The molecule has 1 aliphatic heterocycles. The average Bonchev–Trinajstić information content (AvgIpc) is 3.40. The molecule has 1 aliphatic carbocycles. The van der Waals surface area contributed by atoms with E-state index in [0.717, 1.165) is 26.8 Å². The van der Waals surface area contributed by atoms with E-state index in [0.29, 0.717) is 7.11 Å². The first-order chi connectivity index (χ1) is 20.1. The lowest BCUT2D eigenvalue weighted by Crippen LogP contribution is -2.39. The number of hydrogen-bond acceptors (Lipinski definition) is 12. The van der Waals surface area contributed by atoms with E-state index in [9.17, 15) is 38.4 Å². The van der Waals surface area contributed by atoms with E-state index >= 15 is 0 Å². The molecule has 0 radical (unpaired) electrons. The van der Waals surface area contributed by atoms with Crippen LogP contribution in [0.15, 0.2) is 64.3 Å². The molecule has 20 heteroatoms. The number of aliphatic hydroxyl groups excluding tert-OH is 2. The van der Waals surface area contributed by atoms with Gasteiger partial charge in [0.1, 0.15) is 18.3 Å². The molecule has 1 saturated heterocycles. The number of nitrogens with zero attached hydrogens (tertiary/aromatic N) is 1. The van der Waals surface area contributed by atoms with Crippen molar-refractivity contribution in [3.63, 3.8) is 0 Å². The molecular formula is C23H25N2O15P3. The third kappa shape index (κ3) is 6.46. The van der Waals surface area contributed by atoms with Gasteiger partial charge in [0.05, 0.1) is 6.61 Å². The Morgan fingerprint density at radius 2 is 1.47 bits per heavy atom. The van der Waals surface area contributed by atoms with Gasteiger partial charge in [0.2, 0.25) is 0 Å². The van der Waals surface area contributed by atoms with Crippen molar-refractivity contribution in [1.29, 1.82) is 0 Å². The Balaban J connectivity index is 1.41. The van der Waals surface area contributed by atoms with Gasteiger partial charge in [-0.2, -0.15) is 8.62 Å². The number of aromatic nitrogens is 2. The summed E-state index contributed by atoms with van der Waals surface area (Å²) in [7, 11) is -15.6. The summed E-state index contributed by atoms with van der Waals surface area (Å²) in [6.07, 6.45) is -5.53. The van der Waals surface area contributed by atoms with Gasteiger partial charge in [0.25, 0.3) is 5.56 Å². The van der Waals surface area contributed by atoms with Crippen LogP contribution in [0.2, 0.25) is 0 Å². The normalized spacial score (nSPS) is 24.7. The Kier molecular flexibility index (Phi) is 8.68. The number of ether oxygens (including phenoxy) is 1. The van der Waals surface area contributed by atoms with Gasteiger partial charge in [-0.05, 0) is 22.3 Å². The zero-order chi connectivity index (χ0) is 31.3. The summed E-state index contributed by atoms with van der Waals surface area (Å²) in [6.45, 7) is -0.940. The standard InChI is InChI=1S/C23H25N2O15P3/c1-36-43(35,40-42(33,34)39-41(30,31)32)37-11-17-19(26)20(27)22(38-17)25-10-16(21(28)24-23(25)29)18-14-8-4-2-6-12(14)13-7-3-5-9-15(13)18/h2-10,17-20,22,26-27H,11H2,1H3,(H,33,34)(H,24,28,29)(H2,30,31,32)/t17-,19-,20-,22-,43?/m1/s1. The molecule has 0 spiro atoms. The average molecular weight is 662 g/mol. The molecule has 43 heavy (non-hydrogen) atoms. The van der Waals surface area contributed by atoms with Crippen LogP contribution in [-0.2, 0) is 36.1 Å². The Labute approximate surface area is 241 Å². The van der Waals surface area contributed by atoms with Crippen LogP contribution in [0, 0.1) is 0 Å². The quantitative estimate of drug-likeness (QED) is 0.131. The molecule has 0 amide bonds. The molecule has 2 aromatic carbocycles. The number of aromatic amines is 1. The maximum absolute atomic E-state index is 13.1. The summed E-state index contributed by atoms with van der Waals surface area (Å²) < 4.78 is 58.8. The number of phosphoric acid groups is 3. The van der Waals surface area contributed by atoms with Gasteiger partial charge in [-0.15, -0.1) is 0 Å². The van der Waals surface area contributed by atoms with E-state index in [1.54, 1.807) is 0 Å². The van der Waals surface area contributed by atoms with Crippen molar-refractivity contribution in [2.24, 2.45) is 0 Å². The maximum atomic E-state index is 13.1. The van der Waals surface area contributed by atoms with E-state index in [4.69, 9.17) is 19.0 Å². The van der Waals surface area contributed by atoms with E-state index in [-0.39, 0.29) is 5.56 Å². The van der Waals surface area contributed by atoms with Crippen LogP contribution in [0.4, 0.5) is 0 Å². The van der Waals surface area contributed by atoms with Gasteiger partial charge in [-0.1, -0.05) is 48.5 Å². The molecule has 0 saturated carbocycles. The van der Waals surface area contributed by atoms with Crippen LogP contribution in [0.1, 0.15) is 28.8 Å². The summed E-state index contributed by atoms with van der Waals surface area (Å²) >= 11 is 0. The molecule has 1 aromatic heterocycles. The minimum atomic E-state index is -5.68. The summed E-state index contributed by atoms with van der Waals surface area (Å²) in [4.78, 5) is 55.1. The number of fused-ring (bicyclic) bond motifs is 3. The highest BCUT2D eigenvalue weighted by Crippen LogP contribution is 2.68. The van der Waals surface area contributed by atoms with Crippen molar-refractivity contribution in [3.8, 4) is 11.1 Å². The van der Waals surface area contributed by atoms with Crippen molar-refractivity contribution >= 4 is 23.5 Å². The van der Waals surface area contributed by atoms with E-state index in [2.05, 4.69) is 18.1 Å². The Hall–Kier alpha value is -2.59. The summed E-state index contributed by atoms with van der Waals surface area (Å²) in [5, 5.41) is 21.3. The maximum Gasteiger partial charge on any atom is 0.490 e. The monoisotopic (exact) mass is 662 g/mol. The zero-order valence-corrected chi connectivity index (χ0v) is 24.6. The van der Waals surface area contributed by atoms with Crippen LogP contribution in [0.25, 0.3) is 11.1 Å². The molecule has 232 valence electrons. The number of phosphoric ester groups is 1. The van der Waals surface area contributed by atoms with Gasteiger partial charge in [-0.25, -0.2) is 18.5 Å². The highest BCUT2D eigenvalue weighted by atomic mass is 31.3. The number of H-pyrrole nitrogens is 1. The van der Waals surface area contributed by atoms with Crippen LogP contribution in [0.3, 0.4) is 0 Å². The molecule has 6 atom stereocenters. The van der Waals surface area contributed by atoms with Crippen molar-refractivity contribution in [1.82, 2.24) is 9.55 Å². The smallest absolute Gasteiger partial charge is 0.387 e. The fourth-order valence-electron chi connectivity index (χ4n) is 5.03. The van der Waals surface area contributed by atoms with Crippen LogP contribution in [0.5, 0.6) is 0 Å². The molecule has 5 rings (SSSR count). The van der Waals surface area contributed by atoms with Crippen molar-refractivity contribution < 1.29 is 61.0 Å². The second kappa shape index (κ2) is 11.7. The Morgan fingerprint density at radius 3 is 2.02 bits per heavy atom. The van der Waals surface area contributed by atoms with Crippen LogP contribution < -0.4 is 11.2 Å². The second-order valence-electron chi connectivity index (χ2n) is 9.45. The number of rotatable bonds is 10. The van der Waals surface area contributed by atoms with Crippen LogP contribution in [-0.4, -0.2) is 66.5 Å². The number of aliphatic hydroxyl groups is 2. The SMILES string of the molecule is COP(=O)(OC[C@H]1O[C@@H](n2cc(C3c4ccccc4-c4ccccc43)c(=O)[nH]c2=O)[C@H](O)[C@@H]1O)OP(=O)(O)OP(=O)(O)O. The molecule has 2 heterocycles. The Morgan fingerprint density at radius 1 is 0.884 bits per heavy atom. The first kappa shape index (κ1) is 31.8. The Bertz CT molecular complexity index is 1760. The molecule has 2 unspecified atom stereocenters. The topological polar surface area (TPSA) is 253 Å². The second-order valence-corrected chi connectivity index (χ2v) is 14.2. The lowest BCUT2D eigenvalue weighted by Gasteiger charge is -2.21. The van der Waals surface area contributed by atoms with Crippen molar-refractivity contribution in [3.05, 3.63) is 92.3 Å². The molecule has 17 nitrogen and oxygen atoms in total. The molecule has 6 N–H and O–H groups in total. The van der Waals surface area contributed by atoms with E-state index < -0.39 is 71.8 Å². The zero-order valence-electron chi connectivity index (χ0n) is 21.9. The van der Waals surface area contributed by atoms with Gasteiger partial charge < -0.3 is 29.6 Å². The lowest BCUT2D eigenvalue weighted by atomic mass is 9.91. The number of hydrogen-bond donors (Lipinski definition) is 6. The number of benzene rings is 2. The van der Waals surface area contributed by atoms with Gasteiger partial charge in [0.15, 0.2) is 6.23 Å². The highest BCUT2D eigenvalue weighted by Gasteiger charge is 2.47. The summed E-state index contributed by atoms with van der Waals surface area (Å²) in [6, 6.07) is 14.8. The minimum Gasteiger partial charge on any atom is -0.387 e. The third-order valence-electron chi connectivity index (χ3n) is 6.78.